The molecule has 22 heavy (non-hydrogen) atoms. The Morgan fingerprint density at radius 3 is 2.95 bits per heavy atom. The number of hydrogen-bond donors (Lipinski definition) is 0. The normalized spacial score (nSPS) is 19.0. The smallest absolute Gasteiger partial charge is 0.128 e. The summed E-state index contributed by atoms with van der Waals surface area (Å²) in [6.45, 7) is 7.00. The molecular weight excluding hydrogens is 314 g/mol. The second kappa shape index (κ2) is 6.43. The topological polar surface area (TPSA) is 38.2 Å². The number of aromatic nitrogens is 2. The summed E-state index contributed by atoms with van der Waals surface area (Å²) in [6, 6.07) is 0. The molecule has 0 N–H and O–H groups in total. The van der Waals surface area contributed by atoms with Gasteiger partial charge in [-0.25, -0.2) is 9.97 Å². The first-order valence-corrected chi connectivity index (χ1v) is 9.83. The molecule has 1 saturated heterocycles. The van der Waals surface area contributed by atoms with E-state index in [0.29, 0.717) is 0 Å². The predicted octanol–water partition coefficient (Wildman–Crippen LogP) is 2.91. The average molecular weight is 335 g/mol. The molecule has 4 nitrogen and oxygen atoms in total. The Morgan fingerprint density at radius 1 is 1.23 bits per heavy atom. The van der Waals surface area contributed by atoms with Crippen LogP contribution in [0.5, 0.6) is 0 Å². The fourth-order valence-electron chi connectivity index (χ4n) is 3.26. The molecule has 0 amide bonds. The molecule has 0 unspecified atom stereocenters. The SMILES string of the molecule is Cc1nc(SCCN2CCOCC2)c2c3c(sc2n1)CCC3. The maximum Gasteiger partial charge on any atom is 0.128 e. The van der Waals surface area contributed by atoms with Crippen LogP contribution in [0.15, 0.2) is 5.03 Å². The lowest BCUT2D eigenvalue weighted by Crippen LogP contribution is -2.37. The molecule has 6 heteroatoms. The van der Waals surface area contributed by atoms with E-state index in [0.717, 1.165) is 44.4 Å². The molecule has 3 heterocycles. The van der Waals surface area contributed by atoms with E-state index in [1.807, 2.05) is 30.0 Å². The third kappa shape index (κ3) is 2.89. The van der Waals surface area contributed by atoms with Crippen molar-refractivity contribution in [2.24, 2.45) is 0 Å². The van der Waals surface area contributed by atoms with Gasteiger partial charge in [0, 0.05) is 35.7 Å². The lowest BCUT2D eigenvalue weighted by Gasteiger charge is -2.26. The van der Waals surface area contributed by atoms with Crippen molar-refractivity contribution in [3.05, 3.63) is 16.3 Å². The highest BCUT2D eigenvalue weighted by Crippen LogP contribution is 2.40. The number of nitrogens with zero attached hydrogens (tertiary/aromatic N) is 3. The Hall–Kier alpha value is -0.690. The van der Waals surface area contributed by atoms with Gasteiger partial charge in [-0.1, -0.05) is 0 Å². The van der Waals surface area contributed by atoms with Crippen LogP contribution >= 0.6 is 23.1 Å². The summed E-state index contributed by atoms with van der Waals surface area (Å²) >= 11 is 3.79. The second-order valence-electron chi connectivity index (χ2n) is 5.92. The van der Waals surface area contributed by atoms with Gasteiger partial charge in [0.05, 0.1) is 13.2 Å². The standard InChI is InChI=1S/C16H21N3OS2/c1-11-17-15(21-10-7-19-5-8-20-9-6-19)14-12-3-2-4-13(12)22-16(14)18-11/h2-10H2,1H3. The minimum Gasteiger partial charge on any atom is -0.379 e. The number of thioether (sulfide) groups is 1. The predicted molar refractivity (Wildman–Crippen MR) is 92.2 cm³/mol. The highest BCUT2D eigenvalue weighted by molar-refractivity contribution is 7.99. The summed E-state index contributed by atoms with van der Waals surface area (Å²) in [5.41, 5.74) is 1.54. The number of rotatable bonds is 4. The number of thiophene rings is 1. The van der Waals surface area contributed by atoms with Crippen LogP contribution in [0.1, 0.15) is 22.7 Å². The minimum atomic E-state index is 0.875. The lowest BCUT2D eigenvalue weighted by atomic mass is 10.2. The van der Waals surface area contributed by atoms with Crippen LogP contribution in [0.2, 0.25) is 0 Å². The third-order valence-corrected chi connectivity index (χ3v) is 6.53. The first kappa shape index (κ1) is 14.9. The number of aryl methyl sites for hydroxylation is 3. The van der Waals surface area contributed by atoms with Gasteiger partial charge in [0.1, 0.15) is 15.7 Å². The van der Waals surface area contributed by atoms with Gasteiger partial charge < -0.3 is 4.74 Å². The van der Waals surface area contributed by atoms with Crippen molar-refractivity contribution in [2.45, 2.75) is 31.2 Å². The number of ether oxygens (including phenoxy) is 1. The van der Waals surface area contributed by atoms with Crippen LogP contribution in [-0.4, -0.2) is 53.5 Å². The number of fused-ring (bicyclic) bond motifs is 3. The van der Waals surface area contributed by atoms with Crippen LogP contribution in [0, 0.1) is 6.92 Å². The van der Waals surface area contributed by atoms with Crippen molar-refractivity contribution in [1.29, 1.82) is 0 Å². The Kier molecular flexibility index (Phi) is 4.35. The van der Waals surface area contributed by atoms with E-state index in [1.54, 1.807) is 4.88 Å². The molecule has 0 bridgehead atoms. The molecule has 1 aliphatic heterocycles. The van der Waals surface area contributed by atoms with Gasteiger partial charge >= 0.3 is 0 Å². The van der Waals surface area contributed by atoms with Gasteiger partial charge in [-0.2, -0.15) is 0 Å². The van der Waals surface area contributed by atoms with Crippen molar-refractivity contribution < 1.29 is 4.74 Å². The van der Waals surface area contributed by atoms with E-state index < -0.39 is 0 Å². The third-order valence-electron chi connectivity index (χ3n) is 4.39. The van der Waals surface area contributed by atoms with E-state index in [1.165, 1.54) is 40.1 Å². The first-order chi connectivity index (χ1) is 10.8. The van der Waals surface area contributed by atoms with Gasteiger partial charge in [0.2, 0.25) is 0 Å². The van der Waals surface area contributed by atoms with Crippen LogP contribution < -0.4 is 0 Å². The van der Waals surface area contributed by atoms with Crippen LogP contribution in [-0.2, 0) is 17.6 Å². The monoisotopic (exact) mass is 335 g/mol. The van der Waals surface area contributed by atoms with Gasteiger partial charge in [-0.05, 0) is 31.7 Å². The van der Waals surface area contributed by atoms with Crippen LogP contribution in [0.3, 0.4) is 0 Å². The number of hydrogen-bond acceptors (Lipinski definition) is 6. The summed E-state index contributed by atoms with van der Waals surface area (Å²) in [6.07, 6.45) is 3.73. The van der Waals surface area contributed by atoms with E-state index in [-0.39, 0.29) is 0 Å². The molecule has 0 atom stereocenters. The summed E-state index contributed by atoms with van der Waals surface area (Å²) in [7, 11) is 0. The molecule has 0 saturated carbocycles. The molecule has 0 spiro atoms. The Labute approximate surface area is 139 Å². The zero-order valence-corrected chi connectivity index (χ0v) is 14.6. The van der Waals surface area contributed by atoms with Gasteiger partial charge in [-0.15, -0.1) is 23.1 Å². The molecule has 2 aliphatic rings. The lowest BCUT2D eigenvalue weighted by molar-refractivity contribution is 0.0410. The highest BCUT2D eigenvalue weighted by Gasteiger charge is 2.22. The van der Waals surface area contributed by atoms with E-state index in [4.69, 9.17) is 9.72 Å². The van der Waals surface area contributed by atoms with E-state index in [2.05, 4.69) is 9.88 Å². The van der Waals surface area contributed by atoms with Crippen molar-refractivity contribution in [2.75, 3.05) is 38.6 Å². The van der Waals surface area contributed by atoms with Crippen molar-refractivity contribution in [3.8, 4) is 0 Å². The van der Waals surface area contributed by atoms with Crippen molar-refractivity contribution in [3.63, 3.8) is 0 Å². The molecule has 2 aromatic heterocycles. The minimum absolute atomic E-state index is 0.875. The number of morpholine rings is 1. The van der Waals surface area contributed by atoms with Crippen molar-refractivity contribution >= 4 is 33.3 Å². The zero-order chi connectivity index (χ0) is 14.9. The Bertz CT molecular complexity index is 680. The van der Waals surface area contributed by atoms with Crippen LogP contribution in [0.4, 0.5) is 0 Å². The largest absolute Gasteiger partial charge is 0.379 e. The summed E-state index contributed by atoms with van der Waals surface area (Å²) in [5, 5.41) is 2.56. The zero-order valence-electron chi connectivity index (χ0n) is 12.9. The van der Waals surface area contributed by atoms with E-state index in [9.17, 15) is 0 Å². The average Bonchev–Trinajstić information content (AvgIpc) is 3.08. The first-order valence-electron chi connectivity index (χ1n) is 8.03. The maximum absolute atomic E-state index is 5.41. The quantitative estimate of drug-likeness (QED) is 0.634. The highest BCUT2D eigenvalue weighted by atomic mass is 32.2. The Balaban J connectivity index is 1.53. The summed E-state index contributed by atoms with van der Waals surface area (Å²) in [4.78, 5) is 14.6. The molecule has 2 aromatic rings. The van der Waals surface area contributed by atoms with Crippen LogP contribution in [0.25, 0.3) is 10.2 Å². The molecule has 4 rings (SSSR count). The maximum atomic E-state index is 5.41. The van der Waals surface area contributed by atoms with Gasteiger partial charge in [0.25, 0.3) is 0 Å². The Morgan fingerprint density at radius 2 is 2.09 bits per heavy atom. The fourth-order valence-corrected chi connectivity index (χ4v) is 5.74. The molecule has 1 aliphatic carbocycles. The second-order valence-corrected chi connectivity index (χ2v) is 8.08. The molecule has 118 valence electrons. The molecule has 1 fully saturated rings. The summed E-state index contributed by atoms with van der Waals surface area (Å²) < 4.78 is 5.41. The molecular formula is C16H21N3OS2. The van der Waals surface area contributed by atoms with Gasteiger partial charge in [-0.3, -0.25) is 4.90 Å². The summed E-state index contributed by atoms with van der Waals surface area (Å²) in [5.74, 6) is 2.00. The van der Waals surface area contributed by atoms with E-state index >= 15 is 0 Å². The fraction of sp³-hybridized carbons (Fsp3) is 0.625. The van der Waals surface area contributed by atoms with Crippen molar-refractivity contribution in [1.82, 2.24) is 14.9 Å². The molecule has 0 radical (unpaired) electrons. The molecule has 0 aromatic carbocycles. The van der Waals surface area contributed by atoms with Gasteiger partial charge in [0.15, 0.2) is 0 Å².